The highest BCUT2D eigenvalue weighted by atomic mass is 31.0. The van der Waals surface area contributed by atoms with E-state index in [0.717, 1.165) is 30.6 Å². The van der Waals surface area contributed by atoms with Crippen molar-refractivity contribution in [3.63, 3.8) is 0 Å². The molecule has 4 nitrogen and oxygen atoms in total. The summed E-state index contributed by atoms with van der Waals surface area (Å²) in [5.41, 5.74) is 2.88. The lowest BCUT2D eigenvalue weighted by atomic mass is 10.0. The fourth-order valence-electron chi connectivity index (χ4n) is 1.97. The van der Waals surface area contributed by atoms with Gasteiger partial charge in [0, 0.05) is 5.56 Å². The molecule has 0 bridgehead atoms. The topological polar surface area (TPSA) is 55.8 Å². The molecule has 0 amide bonds. The van der Waals surface area contributed by atoms with Gasteiger partial charge in [-0.1, -0.05) is 12.1 Å². The Labute approximate surface area is 125 Å². The van der Waals surface area contributed by atoms with E-state index in [1.165, 1.54) is 0 Å². The molecule has 2 rings (SSSR count). The average molecular weight is 304 g/mol. The Morgan fingerprint density at radius 1 is 1.10 bits per heavy atom. The van der Waals surface area contributed by atoms with Gasteiger partial charge in [-0.25, -0.2) is 4.79 Å². The van der Waals surface area contributed by atoms with Crippen LogP contribution in [-0.2, 0) is 0 Å². The van der Waals surface area contributed by atoms with Gasteiger partial charge in [0.1, 0.15) is 0 Å². The van der Waals surface area contributed by atoms with E-state index in [9.17, 15) is 4.79 Å². The summed E-state index contributed by atoms with van der Waals surface area (Å²) in [6.45, 7) is 4.99. The van der Waals surface area contributed by atoms with Gasteiger partial charge in [0.2, 0.25) is 0 Å². The third-order valence-corrected chi connectivity index (χ3v) is 3.75. The Balaban J connectivity index is 2.46. The van der Waals surface area contributed by atoms with Crippen LogP contribution in [0.15, 0.2) is 36.1 Å². The summed E-state index contributed by atoms with van der Waals surface area (Å²) >= 11 is 0. The minimum Gasteiger partial charge on any atom is -0.489 e. The number of hydrogen-bond acceptors (Lipinski definition) is 3. The normalized spacial score (nSPS) is 10.6. The zero-order valence-corrected chi connectivity index (χ0v) is 12.9. The van der Waals surface area contributed by atoms with Crippen molar-refractivity contribution in [1.82, 2.24) is 0 Å². The summed E-state index contributed by atoms with van der Waals surface area (Å²) < 4.78 is 11.4. The second-order valence-electron chi connectivity index (χ2n) is 4.24. The van der Waals surface area contributed by atoms with Crippen LogP contribution in [0.1, 0.15) is 24.2 Å². The molecule has 2 aromatic rings. The van der Waals surface area contributed by atoms with Crippen molar-refractivity contribution in [3.05, 3.63) is 41.7 Å². The number of benzene rings is 1. The monoisotopic (exact) mass is 304 g/mol. The van der Waals surface area contributed by atoms with Crippen LogP contribution in [0.25, 0.3) is 11.1 Å². The first-order chi connectivity index (χ1) is 10.2. The molecule has 5 heteroatoms. The van der Waals surface area contributed by atoms with Crippen molar-refractivity contribution in [2.45, 2.75) is 13.8 Å². The van der Waals surface area contributed by atoms with Crippen LogP contribution in [0.3, 0.4) is 0 Å². The second-order valence-corrected chi connectivity index (χ2v) is 5.20. The largest absolute Gasteiger partial charge is 0.489 e. The van der Waals surface area contributed by atoms with E-state index >= 15 is 0 Å². The quantitative estimate of drug-likeness (QED) is 0.857. The molecule has 1 aromatic heterocycles. The average Bonchev–Trinajstić information content (AvgIpc) is 2.49. The number of aromatic carboxylic acids is 1. The van der Waals surface area contributed by atoms with Crippen molar-refractivity contribution in [1.29, 1.82) is 0 Å². The molecule has 0 aliphatic heterocycles. The second kappa shape index (κ2) is 7.09. The Morgan fingerprint density at radius 2 is 1.76 bits per heavy atom. The summed E-state index contributed by atoms with van der Waals surface area (Å²) in [5, 5.41) is 8.96. The predicted octanol–water partition coefficient (Wildman–Crippen LogP) is 4.43. The lowest BCUT2D eigenvalue weighted by Gasteiger charge is -2.14. The van der Waals surface area contributed by atoms with E-state index < -0.39 is 5.97 Å². The highest BCUT2D eigenvalue weighted by molar-refractivity contribution is 7.32. The molecule has 1 heterocycles. The van der Waals surface area contributed by atoms with Crippen LogP contribution in [0.5, 0.6) is 11.2 Å². The number of carboxylic acid groups (broad SMARTS) is 1. The van der Waals surface area contributed by atoms with E-state index in [1.54, 1.807) is 24.3 Å². The van der Waals surface area contributed by atoms with Crippen molar-refractivity contribution in [2.75, 3.05) is 13.2 Å². The molecular weight excluding hydrogens is 287 g/mol. The molecular formula is C16H17O4P. The standard InChI is InChI=1S/C16H17O4P/c1-3-19-14-13(9-10-21-16(14)20-4-2)11-5-7-12(8-6-11)15(17)18/h5-10H,3-4H2,1-2H3,(H,17,18). The lowest BCUT2D eigenvalue weighted by Crippen LogP contribution is -1.99. The molecule has 0 saturated carbocycles. The van der Waals surface area contributed by atoms with Crippen molar-refractivity contribution < 1.29 is 19.4 Å². The van der Waals surface area contributed by atoms with Crippen LogP contribution in [-0.4, -0.2) is 24.3 Å². The maximum Gasteiger partial charge on any atom is 0.335 e. The third kappa shape index (κ3) is 3.53. The molecule has 0 radical (unpaired) electrons. The van der Waals surface area contributed by atoms with Crippen LogP contribution in [0, 0.1) is 0 Å². The molecule has 0 spiro atoms. The van der Waals surface area contributed by atoms with E-state index in [1.807, 2.05) is 25.7 Å². The van der Waals surface area contributed by atoms with Crippen LogP contribution >= 0.6 is 8.19 Å². The molecule has 0 unspecified atom stereocenters. The molecule has 0 aliphatic rings. The zero-order chi connectivity index (χ0) is 15.2. The predicted molar refractivity (Wildman–Crippen MR) is 83.7 cm³/mol. The zero-order valence-electron chi connectivity index (χ0n) is 12.0. The van der Waals surface area contributed by atoms with E-state index in [0.29, 0.717) is 13.2 Å². The van der Waals surface area contributed by atoms with E-state index in [-0.39, 0.29) is 5.56 Å². The Morgan fingerprint density at radius 3 is 2.33 bits per heavy atom. The fraction of sp³-hybridized carbons (Fsp3) is 0.250. The van der Waals surface area contributed by atoms with Crippen LogP contribution < -0.4 is 9.47 Å². The number of carboxylic acids is 1. The SMILES string of the molecule is CCOc1pccc(-c2ccc(C(=O)O)cc2)c1OCC. The molecule has 0 fully saturated rings. The first-order valence-corrected chi connectivity index (χ1v) is 7.72. The minimum atomic E-state index is -0.931. The van der Waals surface area contributed by atoms with Crippen LogP contribution in [0.4, 0.5) is 0 Å². The summed E-state index contributed by atoms with van der Waals surface area (Å²) in [7, 11) is 0.965. The molecule has 1 aromatic carbocycles. The Hall–Kier alpha value is -2.06. The van der Waals surface area contributed by atoms with Gasteiger partial charge in [0.05, 0.1) is 18.8 Å². The number of carbonyl (C=O) groups is 1. The Kier molecular flexibility index (Phi) is 5.18. The van der Waals surface area contributed by atoms with Crippen molar-refractivity contribution >= 4 is 14.2 Å². The molecule has 21 heavy (non-hydrogen) atoms. The summed E-state index contributed by atoms with van der Waals surface area (Å²) in [4.78, 5) is 10.9. The highest BCUT2D eigenvalue weighted by Crippen LogP contribution is 2.43. The number of ether oxygens (including phenoxy) is 2. The highest BCUT2D eigenvalue weighted by Gasteiger charge is 2.13. The molecule has 1 N–H and O–H groups in total. The summed E-state index contributed by atoms with van der Waals surface area (Å²) in [5.74, 6) is 1.79. The van der Waals surface area contributed by atoms with Gasteiger partial charge < -0.3 is 14.6 Å². The van der Waals surface area contributed by atoms with Gasteiger partial charge in [-0.3, -0.25) is 0 Å². The van der Waals surface area contributed by atoms with Gasteiger partial charge in [-0.2, -0.15) is 0 Å². The van der Waals surface area contributed by atoms with Gasteiger partial charge in [0.25, 0.3) is 0 Å². The first-order valence-electron chi connectivity index (χ1n) is 6.75. The minimum absolute atomic E-state index is 0.268. The lowest BCUT2D eigenvalue weighted by molar-refractivity contribution is 0.0697. The maximum absolute atomic E-state index is 10.9. The fourth-order valence-corrected chi connectivity index (χ4v) is 2.84. The molecule has 0 atom stereocenters. The Bertz CT molecular complexity index is 623. The number of rotatable bonds is 6. The first kappa shape index (κ1) is 15.3. The molecule has 0 saturated heterocycles. The van der Waals surface area contributed by atoms with Crippen molar-refractivity contribution in [3.8, 4) is 22.4 Å². The smallest absolute Gasteiger partial charge is 0.335 e. The van der Waals surface area contributed by atoms with E-state index in [4.69, 9.17) is 14.6 Å². The van der Waals surface area contributed by atoms with Gasteiger partial charge in [-0.15, -0.1) is 0 Å². The number of hydrogen-bond donors (Lipinski definition) is 1. The molecule has 0 aliphatic carbocycles. The van der Waals surface area contributed by atoms with Crippen LogP contribution in [0.2, 0.25) is 0 Å². The third-order valence-electron chi connectivity index (χ3n) is 2.88. The van der Waals surface area contributed by atoms with Gasteiger partial charge in [0.15, 0.2) is 11.2 Å². The van der Waals surface area contributed by atoms with Crippen molar-refractivity contribution in [2.24, 2.45) is 0 Å². The van der Waals surface area contributed by atoms with E-state index in [2.05, 4.69) is 0 Å². The maximum atomic E-state index is 10.9. The van der Waals surface area contributed by atoms with Gasteiger partial charge in [-0.05, 0) is 51.6 Å². The summed E-state index contributed by atoms with van der Waals surface area (Å²) in [6.07, 6.45) is 0. The summed E-state index contributed by atoms with van der Waals surface area (Å²) in [6, 6.07) is 8.73. The molecule has 110 valence electrons. The van der Waals surface area contributed by atoms with Gasteiger partial charge >= 0.3 is 5.97 Å².